The van der Waals surface area contributed by atoms with E-state index in [0.717, 1.165) is 26.9 Å². The number of thiophene rings is 1. The number of nitrogens with zero attached hydrogens (tertiary/aromatic N) is 2. The smallest absolute Gasteiger partial charge is 0.263 e. The number of benzene rings is 3. The number of hydrogen-bond donors (Lipinski definition) is 0. The molecule has 0 fully saturated rings. The van der Waals surface area contributed by atoms with Crippen LogP contribution in [0.2, 0.25) is 0 Å². The van der Waals surface area contributed by atoms with Gasteiger partial charge in [0.2, 0.25) is 0 Å². The lowest BCUT2D eigenvalue weighted by Crippen LogP contribution is -2.20. The SMILES string of the molecule is O=c1c2c(-c3cccc4ccccc34)csc2ncn1Cc1ccccc1. The second kappa shape index (κ2) is 6.49. The maximum absolute atomic E-state index is 13.3. The van der Waals surface area contributed by atoms with Crippen LogP contribution in [0.5, 0.6) is 0 Å². The van der Waals surface area contributed by atoms with E-state index in [9.17, 15) is 4.79 Å². The highest BCUT2D eigenvalue weighted by atomic mass is 32.1. The van der Waals surface area contributed by atoms with Crippen LogP contribution in [0.3, 0.4) is 0 Å². The monoisotopic (exact) mass is 368 g/mol. The molecule has 2 aromatic heterocycles. The molecular formula is C23H16N2OS. The van der Waals surface area contributed by atoms with Crippen LogP contribution in [0.1, 0.15) is 5.56 Å². The number of hydrogen-bond acceptors (Lipinski definition) is 3. The van der Waals surface area contributed by atoms with Crippen molar-refractivity contribution in [2.45, 2.75) is 6.54 Å². The van der Waals surface area contributed by atoms with E-state index < -0.39 is 0 Å². The molecule has 0 aliphatic carbocycles. The predicted octanol–water partition coefficient (Wildman–Crippen LogP) is 5.33. The lowest BCUT2D eigenvalue weighted by atomic mass is 9.99. The van der Waals surface area contributed by atoms with Crippen LogP contribution >= 0.6 is 11.3 Å². The standard InChI is InChI=1S/C23H16N2OS/c26-23-21-20(19-12-6-10-17-9-4-5-11-18(17)19)14-27-22(21)24-15-25(23)13-16-7-2-1-3-8-16/h1-12,14-15H,13H2. The fourth-order valence-electron chi connectivity index (χ4n) is 3.52. The van der Waals surface area contributed by atoms with Crippen molar-refractivity contribution in [2.24, 2.45) is 0 Å². The van der Waals surface area contributed by atoms with Crippen molar-refractivity contribution >= 4 is 32.3 Å². The minimum atomic E-state index is 0.00744. The topological polar surface area (TPSA) is 34.9 Å². The van der Waals surface area contributed by atoms with Gasteiger partial charge >= 0.3 is 0 Å². The van der Waals surface area contributed by atoms with Crippen LogP contribution in [-0.4, -0.2) is 9.55 Å². The molecule has 27 heavy (non-hydrogen) atoms. The highest BCUT2D eigenvalue weighted by Crippen LogP contribution is 2.35. The Morgan fingerprint density at radius 1 is 0.852 bits per heavy atom. The van der Waals surface area contributed by atoms with E-state index in [2.05, 4.69) is 29.2 Å². The minimum Gasteiger partial charge on any atom is -0.294 e. The summed E-state index contributed by atoms with van der Waals surface area (Å²) in [5.41, 5.74) is 3.14. The molecule has 0 atom stereocenters. The summed E-state index contributed by atoms with van der Waals surface area (Å²) in [6.45, 7) is 0.521. The average Bonchev–Trinajstić information content (AvgIpc) is 3.15. The third-order valence-electron chi connectivity index (χ3n) is 4.84. The van der Waals surface area contributed by atoms with E-state index in [1.54, 1.807) is 10.9 Å². The van der Waals surface area contributed by atoms with Crippen LogP contribution in [0.4, 0.5) is 0 Å². The molecule has 0 spiro atoms. The molecule has 2 heterocycles. The fourth-order valence-corrected chi connectivity index (χ4v) is 4.42. The van der Waals surface area contributed by atoms with Gasteiger partial charge in [0.05, 0.1) is 18.3 Å². The first-order valence-electron chi connectivity index (χ1n) is 8.80. The lowest BCUT2D eigenvalue weighted by Gasteiger charge is -2.08. The first kappa shape index (κ1) is 16.0. The van der Waals surface area contributed by atoms with Gasteiger partial charge in [-0.3, -0.25) is 9.36 Å². The van der Waals surface area contributed by atoms with Crippen LogP contribution in [0.15, 0.2) is 89.3 Å². The van der Waals surface area contributed by atoms with Crippen molar-refractivity contribution in [3.05, 3.63) is 100 Å². The van der Waals surface area contributed by atoms with Gasteiger partial charge in [-0.05, 0) is 21.9 Å². The second-order valence-electron chi connectivity index (χ2n) is 6.52. The summed E-state index contributed by atoms with van der Waals surface area (Å²) in [6, 6.07) is 24.5. The van der Waals surface area contributed by atoms with E-state index in [0.29, 0.717) is 11.9 Å². The molecule has 0 saturated carbocycles. The maximum atomic E-state index is 13.3. The van der Waals surface area contributed by atoms with Crippen LogP contribution in [0.25, 0.3) is 32.1 Å². The highest BCUT2D eigenvalue weighted by Gasteiger charge is 2.15. The van der Waals surface area contributed by atoms with E-state index in [1.165, 1.54) is 16.7 Å². The Kier molecular flexibility index (Phi) is 3.84. The molecule has 5 rings (SSSR count). The largest absolute Gasteiger partial charge is 0.294 e. The summed E-state index contributed by atoms with van der Waals surface area (Å²) in [6.07, 6.45) is 1.65. The fraction of sp³-hybridized carbons (Fsp3) is 0.0435. The molecule has 0 bridgehead atoms. The summed E-state index contributed by atoms with van der Waals surface area (Å²) in [7, 11) is 0. The van der Waals surface area contributed by atoms with Crippen molar-refractivity contribution in [2.75, 3.05) is 0 Å². The summed E-state index contributed by atoms with van der Waals surface area (Å²) in [5.74, 6) is 0. The Bertz CT molecular complexity index is 1310. The van der Waals surface area contributed by atoms with Crippen molar-refractivity contribution in [1.82, 2.24) is 9.55 Å². The zero-order valence-corrected chi connectivity index (χ0v) is 15.3. The lowest BCUT2D eigenvalue weighted by molar-refractivity contribution is 0.749. The first-order chi connectivity index (χ1) is 13.3. The van der Waals surface area contributed by atoms with Gasteiger partial charge in [0, 0.05) is 10.9 Å². The van der Waals surface area contributed by atoms with Gasteiger partial charge in [0.25, 0.3) is 5.56 Å². The molecule has 130 valence electrons. The van der Waals surface area contributed by atoms with E-state index in [-0.39, 0.29) is 5.56 Å². The van der Waals surface area contributed by atoms with Crippen molar-refractivity contribution in [1.29, 1.82) is 0 Å². The summed E-state index contributed by atoms with van der Waals surface area (Å²) in [5, 5.41) is 5.07. The van der Waals surface area contributed by atoms with Crippen LogP contribution < -0.4 is 5.56 Å². The molecule has 0 aliphatic heterocycles. The van der Waals surface area contributed by atoms with Gasteiger partial charge in [0.15, 0.2) is 0 Å². The molecule has 0 unspecified atom stereocenters. The molecule has 0 amide bonds. The number of fused-ring (bicyclic) bond motifs is 2. The molecule has 5 aromatic rings. The van der Waals surface area contributed by atoms with Crippen molar-refractivity contribution in [3.8, 4) is 11.1 Å². The second-order valence-corrected chi connectivity index (χ2v) is 7.38. The van der Waals surface area contributed by atoms with Gasteiger partial charge in [-0.15, -0.1) is 11.3 Å². The zero-order valence-electron chi connectivity index (χ0n) is 14.5. The molecule has 0 aliphatic rings. The zero-order chi connectivity index (χ0) is 18.2. The average molecular weight is 368 g/mol. The number of rotatable bonds is 3. The Morgan fingerprint density at radius 2 is 1.63 bits per heavy atom. The van der Waals surface area contributed by atoms with Gasteiger partial charge in [-0.2, -0.15) is 0 Å². The summed E-state index contributed by atoms with van der Waals surface area (Å²) < 4.78 is 1.69. The molecule has 0 N–H and O–H groups in total. The van der Waals surface area contributed by atoms with E-state index in [4.69, 9.17) is 0 Å². The van der Waals surface area contributed by atoms with Gasteiger partial charge in [-0.25, -0.2) is 4.98 Å². The third-order valence-corrected chi connectivity index (χ3v) is 5.72. The van der Waals surface area contributed by atoms with Gasteiger partial charge in [0.1, 0.15) is 4.83 Å². The van der Waals surface area contributed by atoms with E-state index in [1.807, 2.05) is 53.9 Å². The molecule has 3 aromatic carbocycles. The molecule has 0 radical (unpaired) electrons. The first-order valence-corrected chi connectivity index (χ1v) is 9.68. The highest BCUT2D eigenvalue weighted by molar-refractivity contribution is 7.17. The summed E-state index contributed by atoms with van der Waals surface area (Å²) in [4.78, 5) is 18.6. The maximum Gasteiger partial charge on any atom is 0.263 e. The van der Waals surface area contributed by atoms with Crippen molar-refractivity contribution < 1.29 is 0 Å². The third kappa shape index (κ3) is 2.75. The Hall–Kier alpha value is -3.24. The predicted molar refractivity (Wildman–Crippen MR) is 112 cm³/mol. The summed E-state index contributed by atoms with van der Waals surface area (Å²) >= 11 is 1.52. The Labute approximate surface area is 160 Å². The Morgan fingerprint density at radius 3 is 2.52 bits per heavy atom. The minimum absolute atomic E-state index is 0.00744. The molecule has 4 heteroatoms. The van der Waals surface area contributed by atoms with Gasteiger partial charge < -0.3 is 0 Å². The van der Waals surface area contributed by atoms with Crippen LogP contribution in [-0.2, 0) is 6.54 Å². The van der Waals surface area contributed by atoms with Gasteiger partial charge in [-0.1, -0.05) is 72.8 Å². The molecule has 3 nitrogen and oxygen atoms in total. The molecular weight excluding hydrogens is 352 g/mol. The van der Waals surface area contributed by atoms with E-state index >= 15 is 0 Å². The Balaban J connectivity index is 1.72. The quantitative estimate of drug-likeness (QED) is 0.432. The van der Waals surface area contributed by atoms with Crippen LogP contribution in [0, 0.1) is 0 Å². The van der Waals surface area contributed by atoms with Crippen molar-refractivity contribution in [3.63, 3.8) is 0 Å². The number of aromatic nitrogens is 2. The molecule has 0 saturated heterocycles. The normalized spacial score (nSPS) is 11.3.